The van der Waals surface area contributed by atoms with E-state index in [9.17, 15) is 8.42 Å². The fraction of sp³-hybridized carbons (Fsp3) is 1.00. The van der Waals surface area contributed by atoms with E-state index >= 15 is 0 Å². The SMILES string of the molecule is CCC1C2CNCC2CN1S(=O)(=O)C1CCCC1. The topological polar surface area (TPSA) is 49.4 Å². The van der Waals surface area contributed by atoms with E-state index in [1.54, 1.807) is 0 Å². The smallest absolute Gasteiger partial charge is 0.217 e. The maximum Gasteiger partial charge on any atom is 0.217 e. The van der Waals surface area contributed by atoms with Crippen molar-refractivity contribution in [2.24, 2.45) is 11.8 Å². The summed E-state index contributed by atoms with van der Waals surface area (Å²) in [7, 11) is -3.04. The van der Waals surface area contributed by atoms with Crippen LogP contribution in [0.1, 0.15) is 39.0 Å². The second-order valence-corrected chi connectivity index (χ2v) is 8.24. The molecular weight excluding hydrogens is 248 g/mol. The fourth-order valence-electron chi connectivity index (χ4n) is 4.16. The standard InChI is InChI=1S/C13H24N2O2S/c1-2-13-12-8-14-7-10(12)9-15(13)18(16,17)11-5-3-4-6-11/h10-14H,2-9H2,1H3. The normalized spacial score (nSPS) is 38.4. The maximum atomic E-state index is 12.7. The third-order valence-corrected chi connectivity index (χ3v) is 7.53. The number of sulfonamides is 1. The zero-order valence-corrected chi connectivity index (χ0v) is 12.0. The Labute approximate surface area is 110 Å². The van der Waals surface area contributed by atoms with Gasteiger partial charge in [0.2, 0.25) is 10.0 Å². The highest BCUT2D eigenvalue weighted by Gasteiger charge is 2.49. The zero-order chi connectivity index (χ0) is 12.8. The van der Waals surface area contributed by atoms with Crippen LogP contribution >= 0.6 is 0 Å². The van der Waals surface area contributed by atoms with E-state index in [0.717, 1.165) is 51.7 Å². The minimum Gasteiger partial charge on any atom is -0.316 e. The third-order valence-electron chi connectivity index (χ3n) is 5.14. The van der Waals surface area contributed by atoms with E-state index < -0.39 is 10.0 Å². The van der Waals surface area contributed by atoms with Crippen LogP contribution in [0.25, 0.3) is 0 Å². The molecule has 0 aromatic carbocycles. The monoisotopic (exact) mass is 272 g/mol. The summed E-state index contributed by atoms with van der Waals surface area (Å²) in [6.07, 6.45) is 4.88. The Morgan fingerprint density at radius 2 is 1.94 bits per heavy atom. The fourth-order valence-corrected chi connectivity index (χ4v) is 6.55. The first-order valence-corrected chi connectivity index (χ1v) is 8.86. The minimum absolute atomic E-state index is 0.0849. The lowest BCUT2D eigenvalue weighted by Gasteiger charge is -2.28. The van der Waals surface area contributed by atoms with Crippen LogP contribution in [0.5, 0.6) is 0 Å². The van der Waals surface area contributed by atoms with Crippen LogP contribution < -0.4 is 5.32 Å². The van der Waals surface area contributed by atoms with Gasteiger partial charge in [0.15, 0.2) is 0 Å². The van der Waals surface area contributed by atoms with Crippen molar-refractivity contribution in [2.45, 2.75) is 50.3 Å². The molecule has 1 N–H and O–H groups in total. The Kier molecular flexibility index (Phi) is 3.41. The van der Waals surface area contributed by atoms with E-state index in [1.165, 1.54) is 0 Å². The van der Waals surface area contributed by atoms with Crippen LogP contribution in [-0.2, 0) is 10.0 Å². The van der Waals surface area contributed by atoms with Crippen molar-refractivity contribution < 1.29 is 8.42 Å². The highest BCUT2D eigenvalue weighted by Crippen LogP contribution is 2.39. The summed E-state index contributed by atoms with van der Waals surface area (Å²) in [5.41, 5.74) is 0. The molecule has 0 aromatic heterocycles. The Morgan fingerprint density at radius 1 is 1.22 bits per heavy atom. The van der Waals surface area contributed by atoms with Gasteiger partial charge in [-0.3, -0.25) is 0 Å². The second-order valence-electron chi connectivity index (χ2n) is 6.08. The number of fused-ring (bicyclic) bond motifs is 1. The predicted molar refractivity (Wildman–Crippen MR) is 71.8 cm³/mol. The zero-order valence-electron chi connectivity index (χ0n) is 11.1. The molecule has 1 aliphatic carbocycles. The number of nitrogens with zero attached hydrogens (tertiary/aromatic N) is 1. The lowest BCUT2D eigenvalue weighted by atomic mass is 9.93. The number of hydrogen-bond donors (Lipinski definition) is 1. The molecule has 3 aliphatic rings. The molecular formula is C13H24N2O2S. The summed E-state index contributed by atoms with van der Waals surface area (Å²) in [5, 5.41) is 3.32. The lowest BCUT2D eigenvalue weighted by Crippen LogP contribution is -2.43. The molecule has 2 saturated heterocycles. The summed E-state index contributed by atoms with van der Waals surface area (Å²) in [4.78, 5) is 0. The maximum absolute atomic E-state index is 12.7. The van der Waals surface area contributed by atoms with Crippen molar-refractivity contribution in [3.05, 3.63) is 0 Å². The van der Waals surface area contributed by atoms with Gasteiger partial charge in [-0.1, -0.05) is 19.8 Å². The van der Waals surface area contributed by atoms with Crippen molar-refractivity contribution >= 4 is 10.0 Å². The van der Waals surface area contributed by atoms with Gasteiger partial charge in [0.05, 0.1) is 5.25 Å². The van der Waals surface area contributed by atoms with Crippen molar-refractivity contribution in [3.63, 3.8) is 0 Å². The Morgan fingerprint density at radius 3 is 2.61 bits per heavy atom. The molecule has 1 saturated carbocycles. The van der Waals surface area contributed by atoms with Gasteiger partial charge in [0.1, 0.15) is 0 Å². The van der Waals surface area contributed by atoms with Crippen LogP contribution in [0.4, 0.5) is 0 Å². The average Bonchev–Trinajstić information content (AvgIpc) is 3.05. The quantitative estimate of drug-likeness (QED) is 0.839. The third kappa shape index (κ3) is 1.91. The first-order valence-electron chi connectivity index (χ1n) is 7.36. The van der Waals surface area contributed by atoms with Gasteiger partial charge in [0, 0.05) is 12.6 Å². The van der Waals surface area contributed by atoms with Crippen molar-refractivity contribution in [2.75, 3.05) is 19.6 Å². The molecule has 104 valence electrons. The van der Waals surface area contributed by atoms with E-state index in [4.69, 9.17) is 0 Å². The van der Waals surface area contributed by atoms with Crippen molar-refractivity contribution in [1.82, 2.24) is 9.62 Å². The van der Waals surface area contributed by atoms with E-state index in [-0.39, 0.29) is 11.3 Å². The summed E-state index contributed by atoms with van der Waals surface area (Å²) < 4.78 is 27.4. The largest absolute Gasteiger partial charge is 0.316 e. The Balaban J connectivity index is 1.83. The summed E-state index contributed by atoms with van der Waals surface area (Å²) in [6.45, 7) is 4.88. The molecule has 3 fully saturated rings. The van der Waals surface area contributed by atoms with E-state index in [1.807, 2.05) is 4.31 Å². The molecule has 0 radical (unpaired) electrons. The molecule has 0 bridgehead atoms. The van der Waals surface area contributed by atoms with Gasteiger partial charge in [-0.2, -0.15) is 4.31 Å². The van der Waals surface area contributed by atoms with Crippen LogP contribution in [0.2, 0.25) is 0 Å². The highest BCUT2D eigenvalue weighted by atomic mass is 32.2. The number of hydrogen-bond acceptors (Lipinski definition) is 3. The Hall–Kier alpha value is -0.130. The van der Waals surface area contributed by atoms with Crippen LogP contribution in [0.15, 0.2) is 0 Å². The molecule has 2 heterocycles. The van der Waals surface area contributed by atoms with Crippen LogP contribution in [0, 0.1) is 11.8 Å². The molecule has 18 heavy (non-hydrogen) atoms. The molecule has 0 aromatic rings. The average molecular weight is 272 g/mol. The van der Waals surface area contributed by atoms with Gasteiger partial charge < -0.3 is 5.32 Å². The second kappa shape index (κ2) is 4.76. The summed E-state index contributed by atoms with van der Waals surface area (Å²) >= 11 is 0. The number of nitrogens with one attached hydrogen (secondary N) is 1. The summed E-state index contributed by atoms with van der Waals surface area (Å²) in [6, 6.07) is 0.246. The van der Waals surface area contributed by atoms with Gasteiger partial charge in [0.25, 0.3) is 0 Å². The van der Waals surface area contributed by atoms with Crippen molar-refractivity contribution in [1.29, 1.82) is 0 Å². The van der Waals surface area contributed by atoms with E-state index in [2.05, 4.69) is 12.2 Å². The minimum atomic E-state index is -3.04. The molecule has 2 aliphatic heterocycles. The predicted octanol–water partition coefficient (Wildman–Crippen LogP) is 1.19. The van der Waals surface area contributed by atoms with Crippen LogP contribution in [-0.4, -0.2) is 43.6 Å². The molecule has 5 heteroatoms. The Bertz CT molecular complexity index is 403. The van der Waals surface area contributed by atoms with Gasteiger partial charge in [-0.05, 0) is 44.2 Å². The molecule has 3 rings (SSSR count). The first kappa shape index (κ1) is 12.9. The summed E-state index contributed by atoms with van der Waals surface area (Å²) in [5.74, 6) is 1.09. The van der Waals surface area contributed by atoms with E-state index in [0.29, 0.717) is 11.8 Å². The van der Waals surface area contributed by atoms with Gasteiger partial charge in [-0.25, -0.2) is 8.42 Å². The van der Waals surface area contributed by atoms with Crippen LogP contribution in [0.3, 0.4) is 0 Å². The van der Waals surface area contributed by atoms with Gasteiger partial charge in [-0.15, -0.1) is 0 Å². The number of rotatable bonds is 3. The van der Waals surface area contributed by atoms with Gasteiger partial charge >= 0.3 is 0 Å². The first-order chi connectivity index (χ1) is 8.64. The molecule has 3 atom stereocenters. The molecule has 3 unspecified atom stereocenters. The highest BCUT2D eigenvalue weighted by molar-refractivity contribution is 7.89. The molecule has 0 spiro atoms. The molecule has 4 nitrogen and oxygen atoms in total. The molecule has 0 amide bonds. The van der Waals surface area contributed by atoms with Crippen molar-refractivity contribution in [3.8, 4) is 0 Å². The lowest BCUT2D eigenvalue weighted by molar-refractivity contribution is 0.325.